The maximum absolute atomic E-state index is 11.9. The van der Waals surface area contributed by atoms with Crippen molar-refractivity contribution < 1.29 is 13.2 Å². The number of nitrogens with one attached hydrogen (secondary N) is 2. The van der Waals surface area contributed by atoms with Gasteiger partial charge in [0.2, 0.25) is 15.9 Å². The van der Waals surface area contributed by atoms with Crippen LogP contribution >= 0.6 is 22.9 Å². The Bertz CT molecular complexity index is 758. The molecule has 5 nitrogen and oxygen atoms in total. The molecule has 22 heavy (non-hydrogen) atoms. The summed E-state index contributed by atoms with van der Waals surface area (Å²) in [7, 11) is -3.53. The molecule has 2 rings (SSSR count). The molecule has 1 aromatic heterocycles. The third-order valence-electron chi connectivity index (χ3n) is 2.86. The predicted octanol–water partition coefficient (Wildman–Crippen LogP) is 3.02. The van der Waals surface area contributed by atoms with Crippen LogP contribution in [0.2, 0.25) is 5.02 Å². The quantitative estimate of drug-likeness (QED) is 0.833. The average Bonchev–Trinajstić information content (AvgIpc) is 2.97. The lowest BCUT2D eigenvalue weighted by molar-refractivity contribution is -0.116. The molecule has 2 N–H and O–H groups in total. The third-order valence-corrected chi connectivity index (χ3v) is 6.13. The smallest absolute Gasteiger partial charge is 0.250 e. The van der Waals surface area contributed by atoms with E-state index in [1.807, 2.05) is 6.92 Å². The summed E-state index contributed by atoms with van der Waals surface area (Å²) in [5.41, 5.74) is 1.50. The lowest BCUT2D eigenvalue weighted by Gasteiger charge is -2.07. The molecule has 0 bridgehead atoms. The molecule has 118 valence electrons. The first kappa shape index (κ1) is 17.0. The topological polar surface area (TPSA) is 75.3 Å². The molecule has 1 heterocycles. The highest BCUT2D eigenvalue weighted by atomic mass is 35.5. The average molecular weight is 359 g/mol. The van der Waals surface area contributed by atoms with Crippen LogP contribution in [0.4, 0.5) is 5.69 Å². The summed E-state index contributed by atoms with van der Waals surface area (Å²) in [5.74, 6) is -0.284. The number of carbonyl (C=O) groups excluding carboxylic acids is 1. The fraction of sp³-hybridized carbons (Fsp3) is 0.214. The van der Waals surface area contributed by atoms with E-state index >= 15 is 0 Å². The molecule has 0 saturated heterocycles. The Kier molecular flexibility index (Phi) is 5.57. The summed E-state index contributed by atoms with van der Waals surface area (Å²) in [6.45, 7) is 1.90. The maximum Gasteiger partial charge on any atom is 0.250 e. The number of amides is 1. The number of hydrogen-bond donors (Lipinski definition) is 2. The fourth-order valence-electron chi connectivity index (χ4n) is 1.68. The second-order valence-corrected chi connectivity index (χ2v) is 7.94. The maximum atomic E-state index is 11.9. The summed E-state index contributed by atoms with van der Waals surface area (Å²) in [6.07, 6.45) is 0.0378. The summed E-state index contributed by atoms with van der Waals surface area (Å²) >= 11 is 7.11. The second kappa shape index (κ2) is 7.23. The van der Waals surface area contributed by atoms with Crippen LogP contribution in [0, 0.1) is 6.92 Å². The zero-order valence-electron chi connectivity index (χ0n) is 11.8. The van der Waals surface area contributed by atoms with Crippen LogP contribution in [0.3, 0.4) is 0 Å². The van der Waals surface area contributed by atoms with Crippen molar-refractivity contribution in [1.82, 2.24) is 4.72 Å². The van der Waals surface area contributed by atoms with Crippen LogP contribution in [0.25, 0.3) is 0 Å². The number of aryl methyl sites for hydroxylation is 1. The van der Waals surface area contributed by atoms with Crippen LogP contribution in [0.5, 0.6) is 0 Å². The van der Waals surface area contributed by atoms with Crippen molar-refractivity contribution in [2.45, 2.75) is 17.6 Å². The lowest BCUT2D eigenvalue weighted by Crippen LogP contribution is -2.27. The monoisotopic (exact) mass is 358 g/mol. The van der Waals surface area contributed by atoms with E-state index in [0.29, 0.717) is 10.7 Å². The van der Waals surface area contributed by atoms with Gasteiger partial charge in [0.05, 0.1) is 0 Å². The minimum Gasteiger partial charge on any atom is -0.326 e. The van der Waals surface area contributed by atoms with E-state index in [4.69, 9.17) is 11.6 Å². The third kappa shape index (κ3) is 4.54. The first-order valence-electron chi connectivity index (χ1n) is 6.47. The van der Waals surface area contributed by atoms with E-state index in [1.165, 1.54) is 6.07 Å². The number of rotatable bonds is 6. The molecule has 0 atom stereocenters. The number of halogens is 1. The molecule has 1 aromatic carbocycles. The van der Waals surface area contributed by atoms with Gasteiger partial charge >= 0.3 is 0 Å². The van der Waals surface area contributed by atoms with Crippen LogP contribution in [-0.2, 0) is 14.8 Å². The van der Waals surface area contributed by atoms with Gasteiger partial charge in [-0.2, -0.15) is 0 Å². The van der Waals surface area contributed by atoms with E-state index in [2.05, 4.69) is 10.0 Å². The van der Waals surface area contributed by atoms with Crippen LogP contribution in [0.15, 0.2) is 39.9 Å². The van der Waals surface area contributed by atoms with Gasteiger partial charge in [0.25, 0.3) is 0 Å². The molecule has 0 aliphatic heterocycles. The molecule has 1 amide bonds. The van der Waals surface area contributed by atoms with Gasteiger partial charge in [-0.25, -0.2) is 13.1 Å². The van der Waals surface area contributed by atoms with Gasteiger partial charge in [0.1, 0.15) is 4.21 Å². The number of carbonyl (C=O) groups is 1. The molecular weight excluding hydrogens is 344 g/mol. The van der Waals surface area contributed by atoms with Crippen molar-refractivity contribution in [2.75, 3.05) is 11.9 Å². The van der Waals surface area contributed by atoms with Gasteiger partial charge in [-0.1, -0.05) is 23.7 Å². The van der Waals surface area contributed by atoms with Crippen molar-refractivity contribution in [1.29, 1.82) is 0 Å². The fourth-order valence-corrected chi connectivity index (χ4v) is 3.93. The van der Waals surface area contributed by atoms with E-state index in [0.717, 1.165) is 16.9 Å². The molecular formula is C14H15ClN2O3S2. The normalized spacial score (nSPS) is 11.4. The Hall–Kier alpha value is -1.41. The van der Waals surface area contributed by atoms with E-state index in [1.54, 1.807) is 29.6 Å². The first-order valence-corrected chi connectivity index (χ1v) is 9.22. The zero-order valence-corrected chi connectivity index (χ0v) is 14.2. The predicted molar refractivity (Wildman–Crippen MR) is 88.9 cm³/mol. The Morgan fingerprint density at radius 1 is 1.32 bits per heavy atom. The highest BCUT2D eigenvalue weighted by Crippen LogP contribution is 2.20. The minimum atomic E-state index is -3.53. The van der Waals surface area contributed by atoms with Crippen molar-refractivity contribution in [3.8, 4) is 0 Å². The number of thiophene rings is 1. The van der Waals surface area contributed by atoms with Crippen LogP contribution in [-0.4, -0.2) is 20.9 Å². The molecule has 0 unspecified atom stereocenters. The molecule has 0 saturated carbocycles. The highest BCUT2D eigenvalue weighted by molar-refractivity contribution is 7.91. The molecule has 0 aliphatic carbocycles. The molecule has 8 heteroatoms. The second-order valence-electron chi connectivity index (χ2n) is 4.59. The molecule has 0 radical (unpaired) electrons. The Labute approximate surface area is 138 Å². The zero-order chi connectivity index (χ0) is 16.2. The van der Waals surface area contributed by atoms with E-state index in [9.17, 15) is 13.2 Å². The standard InChI is InChI=1S/C14H15ClN2O3S2/c1-10-4-5-11(9-12(10)15)17-13(18)6-7-16-22(19,20)14-3-2-8-21-14/h2-5,8-9,16H,6-7H2,1H3,(H,17,18). The minimum absolute atomic E-state index is 0.0334. The van der Waals surface area contributed by atoms with E-state index in [-0.39, 0.29) is 23.1 Å². The largest absolute Gasteiger partial charge is 0.326 e. The summed E-state index contributed by atoms with van der Waals surface area (Å²) in [4.78, 5) is 11.8. The van der Waals surface area contributed by atoms with Gasteiger partial charge in [0.15, 0.2) is 0 Å². The SMILES string of the molecule is Cc1ccc(NC(=O)CCNS(=O)(=O)c2cccs2)cc1Cl. The van der Waals surface area contributed by atoms with Gasteiger partial charge in [-0.05, 0) is 36.1 Å². The van der Waals surface area contributed by atoms with Crippen molar-refractivity contribution in [3.05, 3.63) is 46.3 Å². The summed E-state index contributed by atoms with van der Waals surface area (Å²) in [5, 5.41) is 4.92. The van der Waals surface area contributed by atoms with E-state index < -0.39 is 10.0 Å². The highest BCUT2D eigenvalue weighted by Gasteiger charge is 2.15. The molecule has 0 fully saturated rings. The first-order chi connectivity index (χ1) is 10.4. The number of anilines is 1. The Balaban J connectivity index is 1.84. The number of hydrogen-bond acceptors (Lipinski definition) is 4. The number of sulfonamides is 1. The number of benzene rings is 1. The van der Waals surface area contributed by atoms with Crippen LogP contribution < -0.4 is 10.0 Å². The molecule has 0 aliphatic rings. The summed E-state index contributed by atoms with van der Waals surface area (Å²) in [6, 6.07) is 8.38. The van der Waals surface area contributed by atoms with Gasteiger partial charge in [-0.15, -0.1) is 11.3 Å². The Morgan fingerprint density at radius 3 is 2.73 bits per heavy atom. The van der Waals surface area contributed by atoms with Crippen molar-refractivity contribution in [2.24, 2.45) is 0 Å². The van der Waals surface area contributed by atoms with Crippen LogP contribution in [0.1, 0.15) is 12.0 Å². The van der Waals surface area contributed by atoms with Gasteiger partial charge in [-0.3, -0.25) is 4.79 Å². The summed E-state index contributed by atoms with van der Waals surface area (Å²) < 4.78 is 26.4. The Morgan fingerprint density at radius 2 is 2.09 bits per heavy atom. The molecule has 2 aromatic rings. The van der Waals surface area contributed by atoms with Crippen molar-refractivity contribution >= 4 is 44.6 Å². The lowest BCUT2D eigenvalue weighted by atomic mass is 10.2. The molecule has 0 spiro atoms. The van der Waals surface area contributed by atoms with Crippen molar-refractivity contribution in [3.63, 3.8) is 0 Å². The van der Waals surface area contributed by atoms with Gasteiger partial charge < -0.3 is 5.32 Å². The van der Waals surface area contributed by atoms with Gasteiger partial charge in [0, 0.05) is 23.7 Å².